The van der Waals surface area contributed by atoms with Crippen LogP contribution in [0.5, 0.6) is 0 Å². The van der Waals surface area contributed by atoms with Gasteiger partial charge in [0.25, 0.3) is 0 Å². The number of nitrogens with one attached hydrogen (secondary N) is 1. The van der Waals surface area contributed by atoms with Gasteiger partial charge in [-0.15, -0.1) is 11.3 Å². The van der Waals surface area contributed by atoms with Gasteiger partial charge in [0.05, 0.1) is 21.8 Å². The number of nitrogens with zero attached hydrogens (tertiary/aromatic N) is 2. The second-order valence-electron chi connectivity index (χ2n) is 10.6. The molecule has 4 aromatic rings. The fourth-order valence-electron chi connectivity index (χ4n) is 6.25. The van der Waals surface area contributed by atoms with Crippen LogP contribution in [0.3, 0.4) is 0 Å². The molecule has 0 saturated carbocycles. The van der Waals surface area contributed by atoms with Crippen LogP contribution in [-0.4, -0.2) is 41.2 Å². The molecule has 0 unspecified atom stereocenters. The summed E-state index contributed by atoms with van der Waals surface area (Å²) in [4.78, 5) is 18.3. The van der Waals surface area contributed by atoms with E-state index in [0.717, 1.165) is 17.6 Å². The van der Waals surface area contributed by atoms with Gasteiger partial charge in [-0.3, -0.25) is 4.90 Å². The first-order valence-electron chi connectivity index (χ1n) is 13.4. The van der Waals surface area contributed by atoms with E-state index in [1.165, 1.54) is 40.9 Å². The van der Waals surface area contributed by atoms with Gasteiger partial charge in [0.2, 0.25) is 0 Å². The summed E-state index contributed by atoms with van der Waals surface area (Å²) in [5.74, 6) is 0.986. The van der Waals surface area contributed by atoms with Gasteiger partial charge in [0.15, 0.2) is 0 Å². The maximum absolute atomic E-state index is 5.59. The first-order chi connectivity index (χ1) is 18.2. The second-order valence-corrected chi connectivity index (χ2v) is 11.5. The zero-order valence-corrected chi connectivity index (χ0v) is 22.4. The van der Waals surface area contributed by atoms with Gasteiger partial charge in [-0.1, -0.05) is 60.7 Å². The Morgan fingerprint density at radius 2 is 1.73 bits per heavy atom. The predicted molar refractivity (Wildman–Crippen MR) is 149 cm³/mol. The van der Waals surface area contributed by atoms with Gasteiger partial charge >= 0.3 is 0 Å². The summed E-state index contributed by atoms with van der Waals surface area (Å²) >= 11 is 1.67. The molecule has 6 rings (SSSR count). The minimum atomic E-state index is 0.0328. The summed E-state index contributed by atoms with van der Waals surface area (Å²) in [6.07, 6.45) is 1.29. The maximum Gasteiger partial charge on any atom is 0.108 e. The van der Waals surface area contributed by atoms with E-state index < -0.39 is 0 Å². The SMILES string of the molecule is CC(C)OOCc1cc2scnc2cc1CN[C@H]1[C@@H]2CC[N@](C2)[C@@H]1C(c1ccccc1)c1ccccc1. The van der Waals surface area contributed by atoms with Crippen LogP contribution in [-0.2, 0) is 22.9 Å². The summed E-state index contributed by atoms with van der Waals surface area (Å²) in [7, 11) is 0. The van der Waals surface area contributed by atoms with Crippen molar-refractivity contribution in [3.63, 3.8) is 0 Å². The van der Waals surface area contributed by atoms with E-state index in [-0.39, 0.29) is 6.10 Å². The van der Waals surface area contributed by atoms with Crippen LogP contribution in [0.1, 0.15) is 48.4 Å². The van der Waals surface area contributed by atoms with Crippen LogP contribution >= 0.6 is 11.3 Å². The highest BCUT2D eigenvalue weighted by Gasteiger charge is 2.49. The van der Waals surface area contributed by atoms with Crippen LogP contribution < -0.4 is 5.32 Å². The van der Waals surface area contributed by atoms with Gasteiger partial charge in [-0.25, -0.2) is 14.8 Å². The number of aromatic nitrogens is 1. The number of hydrogen-bond donors (Lipinski definition) is 1. The average molecular weight is 514 g/mol. The number of piperidine rings is 1. The fourth-order valence-corrected chi connectivity index (χ4v) is 6.97. The van der Waals surface area contributed by atoms with Crippen molar-refractivity contribution >= 4 is 21.6 Å². The molecule has 0 spiro atoms. The van der Waals surface area contributed by atoms with Gasteiger partial charge < -0.3 is 5.32 Å². The topological polar surface area (TPSA) is 46.6 Å². The summed E-state index contributed by atoms with van der Waals surface area (Å²) in [6.45, 7) is 7.53. The molecule has 0 amide bonds. The molecule has 0 aliphatic carbocycles. The Hall–Kier alpha value is -2.61. The Kier molecular flexibility index (Phi) is 7.36. The molecule has 3 aromatic carbocycles. The summed E-state index contributed by atoms with van der Waals surface area (Å²) in [5, 5.41) is 4.03. The monoisotopic (exact) mass is 513 g/mol. The van der Waals surface area contributed by atoms with Gasteiger partial charge in [0.1, 0.15) is 6.61 Å². The maximum atomic E-state index is 5.59. The van der Waals surface area contributed by atoms with Gasteiger partial charge in [-0.2, -0.15) is 0 Å². The highest BCUT2D eigenvalue weighted by atomic mass is 32.1. The van der Waals surface area contributed by atoms with Crippen molar-refractivity contribution in [3.05, 3.63) is 101 Å². The molecule has 1 N–H and O–H groups in total. The smallest absolute Gasteiger partial charge is 0.108 e. The van der Waals surface area contributed by atoms with E-state index >= 15 is 0 Å². The van der Waals surface area contributed by atoms with Crippen LogP contribution in [0.25, 0.3) is 10.2 Å². The number of fused-ring (bicyclic) bond motifs is 3. The van der Waals surface area contributed by atoms with Crippen LogP contribution in [0.2, 0.25) is 0 Å². The molecular weight excluding hydrogens is 478 g/mol. The van der Waals surface area contributed by atoms with Crippen molar-refractivity contribution in [3.8, 4) is 0 Å². The lowest BCUT2D eigenvalue weighted by atomic mass is 9.78. The van der Waals surface area contributed by atoms with Crippen molar-refractivity contribution in [1.29, 1.82) is 0 Å². The fraction of sp³-hybridized carbons (Fsp3) is 0.387. The summed E-state index contributed by atoms with van der Waals surface area (Å²) in [5.41, 5.74) is 8.14. The van der Waals surface area contributed by atoms with Crippen LogP contribution in [0, 0.1) is 5.92 Å². The quantitative estimate of drug-likeness (QED) is 0.204. The third-order valence-corrected chi connectivity index (χ3v) is 8.66. The molecule has 192 valence electrons. The number of thiazole rings is 1. The number of benzene rings is 3. The molecule has 2 bridgehead atoms. The highest BCUT2D eigenvalue weighted by molar-refractivity contribution is 7.16. The Morgan fingerprint density at radius 1 is 1.00 bits per heavy atom. The van der Waals surface area contributed by atoms with Crippen molar-refractivity contribution in [1.82, 2.24) is 15.2 Å². The zero-order chi connectivity index (χ0) is 25.2. The molecule has 37 heavy (non-hydrogen) atoms. The van der Waals surface area contributed by atoms with Crippen molar-refractivity contribution in [2.45, 2.75) is 57.5 Å². The van der Waals surface area contributed by atoms with Gasteiger partial charge in [-0.05, 0) is 67.1 Å². The third-order valence-electron chi connectivity index (χ3n) is 7.87. The van der Waals surface area contributed by atoms with E-state index in [2.05, 4.69) is 88.0 Å². The highest BCUT2D eigenvalue weighted by Crippen LogP contribution is 2.43. The lowest BCUT2D eigenvalue weighted by Crippen LogP contribution is -2.51. The Labute approximate surface area is 223 Å². The summed E-state index contributed by atoms with van der Waals surface area (Å²) < 4.78 is 1.18. The number of hydrogen-bond acceptors (Lipinski definition) is 6. The van der Waals surface area contributed by atoms with Crippen molar-refractivity contribution in [2.75, 3.05) is 13.1 Å². The normalized spacial score (nSPS) is 23.0. The molecule has 0 radical (unpaired) electrons. The lowest BCUT2D eigenvalue weighted by molar-refractivity contribution is -0.325. The molecule has 3 heterocycles. The molecule has 5 nitrogen and oxygen atoms in total. The van der Waals surface area contributed by atoms with Crippen molar-refractivity contribution in [2.24, 2.45) is 5.92 Å². The molecule has 2 aliphatic rings. The van der Waals surface area contributed by atoms with E-state index in [1.807, 2.05) is 19.4 Å². The Morgan fingerprint density at radius 3 is 2.43 bits per heavy atom. The first kappa shape index (κ1) is 24.7. The molecule has 2 aliphatic heterocycles. The summed E-state index contributed by atoms with van der Waals surface area (Å²) in [6, 6.07) is 27.3. The standard InChI is InChI=1S/C31H35N3O2S/c1-21(2)36-35-19-26-16-28-27(33-20-37-28)15-25(26)17-32-30-24-13-14-34(18-24)31(30)29(22-9-5-3-6-10-22)23-11-7-4-8-12-23/h3-12,15-16,20-21,24,29-32H,13-14,17-19H2,1-2H3/t24-,30+,31-/m1/s1. The zero-order valence-electron chi connectivity index (χ0n) is 21.5. The number of rotatable bonds is 10. The third kappa shape index (κ3) is 5.22. The van der Waals surface area contributed by atoms with Crippen molar-refractivity contribution < 1.29 is 9.78 Å². The van der Waals surface area contributed by atoms with E-state index in [9.17, 15) is 0 Å². The first-order valence-corrected chi connectivity index (χ1v) is 14.3. The largest absolute Gasteiger partial charge is 0.308 e. The molecule has 2 fully saturated rings. The Bertz CT molecular complexity index is 1270. The predicted octanol–water partition coefficient (Wildman–Crippen LogP) is 6.15. The van der Waals surface area contributed by atoms with E-state index in [0.29, 0.717) is 30.5 Å². The van der Waals surface area contributed by atoms with E-state index in [1.54, 1.807) is 11.3 Å². The molecule has 2 saturated heterocycles. The Balaban J connectivity index is 1.29. The minimum Gasteiger partial charge on any atom is -0.308 e. The van der Waals surface area contributed by atoms with Gasteiger partial charge in [0, 0.05) is 31.1 Å². The minimum absolute atomic E-state index is 0.0328. The molecule has 4 atom stereocenters. The van der Waals surface area contributed by atoms with Crippen LogP contribution in [0.4, 0.5) is 0 Å². The lowest BCUT2D eigenvalue weighted by Gasteiger charge is -2.39. The molecule has 1 aromatic heterocycles. The molecule has 6 heteroatoms. The molecular formula is C31H35N3O2S. The second kappa shape index (κ2) is 11.0. The van der Waals surface area contributed by atoms with E-state index in [4.69, 9.17) is 9.78 Å². The van der Waals surface area contributed by atoms with Crippen LogP contribution in [0.15, 0.2) is 78.3 Å². The average Bonchev–Trinajstić information content (AvgIpc) is 3.65.